The minimum atomic E-state index is -0.635. The smallest absolute Gasteiger partial charge is 0.230 e. The van der Waals surface area contributed by atoms with Crippen LogP contribution < -0.4 is 5.32 Å². The molecule has 1 fully saturated rings. The molecule has 2 N–H and O–H groups in total. The van der Waals surface area contributed by atoms with Gasteiger partial charge in [-0.05, 0) is 55.2 Å². The Labute approximate surface area is 133 Å². The first kappa shape index (κ1) is 15.6. The first-order chi connectivity index (χ1) is 11.0. The van der Waals surface area contributed by atoms with Crippen LogP contribution in [0.1, 0.15) is 19.3 Å². The average Bonchev–Trinajstić information content (AvgIpc) is 2.96. The van der Waals surface area contributed by atoms with E-state index in [1.54, 1.807) is 0 Å². The summed E-state index contributed by atoms with van der Waals surface area (Å²) in [5.41, 5.74) is 1.53. The van der Waals surface area contributed by atoms with Crippen molar-refractivity contribution in [1.82, 2.24) is 0 Å². The molecule has 1 aliphatic rings. The number of halogens is 2. The molecule has 120 valence electrons. The van der Waals surface area contributed by atoms with Crippen LogP contribution in [0, 0.1) is 17.6 Å². The van der Waals surface area contributed by atoms with E-state index in [2.05, 4.69) is 5.32 Å². The van der Waals surface area contributed by atoms with Crippen molar-refractivity contribution in [1.29, 1.82) is 0 Å². The lowest BCUT2D eigenvalue weighted by molar-refractivity contribution is -0.122. The minimum absolute atomic E-state index is 0.273. The van der Waals surface area contributed by atoms with Gasteiger partial charge in [0, 0.05) is 11.3 Å². The maximum atomic E-state index is 13.6. The number of amides is 1. The standard InChI is InChI=1S/C18H17F2NO2/c19-12-6-4-11(5-7-12)15-10-13(20)8-9-16(15)21-18(23)14-2-1-3-17(14)22/h4-10,14,17,22H,1-3H2,(H,21,23). The van der Waals surface area contributed by atoms with Gasteiger partial charge in [0.25, 0.3) is 0 Å². The molecule has 0 bridgehead atoms. The van der Waals surface area contributed by atoms with Gasteiger partial charge < -0.3 is 10.4 Å². The molecular formula is C18H17F2NO2. The number of rotatable bonds is 3. The van der Waals surface area contributed by atoms with E-state index in [0.717, 1.165) is 6.42 Å². The Morgan fingerprint density at radius 3 is 2.39 bits per heavy atom. The summed E-state index contributed by atoms with van der Waals surface area (Å²) in [5, 5.41) is 12.6. The molecule has 1 saturated carbocycles. The summed E-state index contributed by atoms with van der Waals surface area (Å²) in [7, 11) is 0. The molecule has 0 aliphatic heterocycles. The van der Waals surface area contributed by atoms with Crippen molar-refractivity contribution in [2.24, 2.45) is 5.92 Å². The number of carbonyl (C=O) groups is 1. The second kappa shape index (κ2) is 6.46. The molecule has 2 unspecified atom stereocenters. The number of hydrogen-bond donors (Lipinski definition) is 2. The van der Waals surface area contributed by atoms with E-state index in [1.165, 1.54) is 42.5 Å². The van der Waals surface area contributed by atoms with Crippen molar-refractivity contribution in [2.45, 2.75) is 25.4 Å². The zero-order valence-electron chi connectivity index (χ0n) is 12.4. The normalized spacial score (nSPS) is 20.5. The van der Waals surface area contributed by atoms with Gasteiger partial charge in [0.15, 0.2) is 0 Å². The highest BCUT2D eigenvalue weighted by molar-refractivity contribution is 5.97. The van der Waals surface area contributed by atoms with Gasteiger partial charge in [0.05, 0.1) is 12.0 Å². The molecule has 0 radical (unpaired) electrons. The largest absolute Gasteiger partial charge is 0.392 e. The lowest BCUT2D eigenvalue weighted by Crippen LogP contribution is -2.28. The Bertz CT molecular complexity index is 715. The SMILES string of the molecule is O=C(Nc1ccc(F)cc1-c1ccc(F)cc1)C1CCCC1O. The molecule has 5 heteroatoms. The van der Waals surface area contributed by atoms with Gasteiger partial charge in [0.2, 0.25) is 5.91 Å². The summed E-state index contributed by atoms with van der Waals surface area (Å²) < 4.78 is 26.7. The van der Waals surface area contributed by atoms with Crippen molar-refractivity contribution in [3.8, 4) is 11.1 Å². The fraction of sp³-hybridized carbons (Fsp3) is 0.278. The lowest BCUT2D eigenvalue weighted by atomic mass is 10.0. The van der Waals surface area contributed by atoms with Crippen LogP contribution in [-0.2, 0) is 4.79 Å². The van der Waals surface area contributed by atoms with Crippen molar-refractivity contribution >= 4 is 11.6 Å². The van der Waals surface area contributed by atoms with Gasteiger partial charge in [-0.15, -0.1) is 0 Å². The monoisotopic (exact) mass is 317 g/mol. The van der Waals surface area contributed by atoms with Crippen LogP contribution in [0.4, 0.5) is 14.5 Å². The fourth-order valence-corrected chi connectivity index (χ4v) is 2.97. The number of anilines is 1. The van der Waals surface area contributed by atoms with E-state index >= 15 is 0 Å². The number of hydrogen-bond acceptors (Lipinski definition) is 2. The summed E-state index contributed by atoms with van der Waals surface area (Å²) in [4.78, 5) is 12.3. The van der Waals surface area contributed by atoms with E-state index in [-0.39, 0.29) is 11.7 Å². The molecule has 1 aliphatic carbocycles. The number of aliphatic hydroxyl groups excluding tert-OH is 1. The summed E-state index contributed by atoms with van der Waals surface area (Å²) in [6.45, 7) is 0. The molecule has 0 aromatic heterocycles. The molecule has 0 spiro atoms. The number of benzene rings is 2. The van der Waals surface area contributed by atoms with Gasteiger partial charge in [-0.2, -0.15) is 0 Å². The second-order valence-electron chi connectivity index (χ2n) is 5.79. The van der Waals surface area contributed by atoms with Gasteiger partial charge in [-0.3, -0.25) is 4.79 Å². The maximum Gasteiger partial charge on any atom is 0.230 e. The summed E-state index contributed by atoms with van der Waals surface area (Å²) in [5.74, 6) is -1.54. The third-order valence-corrected chi connectivity index (χ3v) is 4.21. The third kappa shape index (κ3) is 3.40. The van der Waals surface area contributed by atoms with Gasteiger partial charge in [-0.1, -0.05) is 12.1 Å². The molecule has 3 rings (SSSR count). The Balaban J connectivity index is 1.90. The lowest BCUT2D eigenvalue weighted by Gasteiger charge is -2.17. The van der Waals surface area contributed by atoms with Crippen LogP contribution >= 0.6 is 0 Å². The van der Waals surface area contributed by atoms with Crippen LogP contribution in [0.25, 0.3) is 11.1 Å². The second-order valence-corrected chi connectivity index (χ2v) is 5.79. The molecule has 3 nitrogen and oxygen atoms in total. The van der Waals surface area contributed by atoms with E-state index in [1.807, 2.05) is 0 Å². The van der Waals surface area contributed by atoms with Crippen molar-refractivity contribution < 1.29 is 18.7 Å². The Hall–Kier alpha value is -2.27. The first-order valence-electron chi connectivity index (χ1n) is 7.59. The molecule has 0 saturated heterocycles. The molecular weight excluding hydrogens is 300 g/mol. The van der Waals surface area contributed by atoms with Crippen LogP contribution in [0.3, 0.4) is 0 Å². The Morgan fingerprint density at radius 1 is 1.04 bits per heavy atom. The van der Waals surface area contributed by atoms with Crippen molar-refractivity contribution in [2.75, 3.05) is 5.32 Å². The van der Waals surface area contributed by atoms with Gasteiger partial charge in [0.1, 0.15) is 11.6 Å². The quantitative estimate of drug-likeness (QED) is 0.906. The highest BCUT2D eigenvalue weighted by Crippen LogP contribution is 2.31. The van der Waals surface area contributed by atoms with Crippen LogP contribution in [-0.4, -0.2) is 17.1 Å². The molecule has 1 amide bonds. The van der Waals surface area contributed by atoms with Crippen molar-refractivity contribution in [3.63, 3.8) is 0 Å². The highest BCUT2D eigenvalue weighted by Gasteiger charge is 2.31. The predicted octanol–water partition coefficient (Wildman–Crippen LogP) is 3.73. The molecule has 0 heterocycles. The minimum Gasteiger partial charge on any atom is -0.392 e. The van der Waals surface area contributed by atoms with Crippen LogP contribution in [0.5, 0.6) is 0 Å². The number of carbonyl (C=O) groups excluding carboxylic acids is 1. The molecule has 2 atom stereocenters. The van der Waals surface area contributed by atoms with Crippen LogP contribution in [0.2, 0.25) is 0 Å². The molecule has 23 heavy (non-hydrogen) atoms. The molecule has 2 aromatic rings. The Kier molecular flexibility index (Phi) is 4.39. The van der Waals surface area contributed by atoms with E-state index in [4.69, 9.17) is 0 Å². The summed E-state index contributed by atoms with van der Waals surface area (Å²) >= 11 is 0. The summed E-state index contributed by atoms with van der Waals surface area (Å²) in [6.07, 6.45) is 1.43. The molecule has 2 aromatic carbocycles. The van der Waals surface area contributed by atoms with E-state index in [9.17, 15) is 18.7 Å². The number of nitrogens with one attached hydrogen (secondary N) is 1. The van der Waals surface area contributed by atoms with E-state index in [0.29, 0.717) is 29.7 Å². The highest BCUT2D eigenvalue weighted by atomic mass is 19.1. The topological polar surface area (TPSA) is 49.3 Å². The predicted molar refractivity (Wildman–Crippen MR) is 83.8 cm³/mol. The average molecular weight is 317 g/mol. The van der Waals surface area contributed by atoms with Gasteiger partial charge >= 0.3 is 0 Å². The zero-order valence-corrected chi connectivity index (χ0v) is 12.4. The first-order valence-corrected chi connectivity index (χ1v) is 7.59. The van der Waals surface area contributed by atoms with Crippen molar-refractivity contribution in [3.05, 3.63) is 54.1 Å². The van der Waals surface area contributed by atoms with Crippen LogP contribution in [0.15, 0.2) is 42.5 Å². The maximum absolute atomic E-state index is 13.6. The zero-order chi connectivity index (χ0) is 16.4. The Morgan fingerprint density at radius 2 is 1.74 bits per heavy atom. The number of aliphatic hydroxyl groups is 1. The fourth-order valence-electron chi connectivity index (χ4n) is 2.97. The third-order valence-electron chi connectivity index (χ3n) is 4.21. The summed E-state index contributed by atoms with van der Waals surface area (Å²) in [6, 6.07) is 9.67. The van der Waals surface area contributed by atoms with E-state index < -0.39 is 17.8 Å². The van der Waals surface area contributed by atoms with Gasteiger partial charge in [-0.25, -0.2) is 8.78 Å².